The van der Waals surface area contributed by atoms with Crippen molar-refractivity contribution >= 4 is 12.1 Å². The van der Waals surface area contributed by atoms with Crippen LogP contribution in [0.15, 0.2) is 30.3 Å². The second kappa shape index (κ2) is 9.27. The van der Waals surface area contributed by atoms with Crippen LogP contribution in [0, 0.1) is 0 Å². The number of aliphatic carboxylic acids is 1. The minimum Gasteiger partial charge on any atom is -0.480 e. The molecule has 1 aromatic rings. The number of carboxylic acid groups (broad SMARTS) is 1. The van der Waals surface area contributed by atoms with E-state index >= 15 is 0 Å². The standard InChI is InChI=1S/C18H26N2O4/c1-2-19(13-17(21)22)12-16-10-6-7-11-20(16)18(23)24-14-15-8-4-3-5-9-15/h3-5,8-9,16H,2,6-7,10-14H2,1H3,(H,21,22)/t16-/m1/s1. The number of likely N-dealkylation sites (tertiary alicyclic amines) is 1. The summed E-state index contributed by atoms with van der Waals surface area (Å²) in [5, 5.41) is 8.98. The SMILES string of the molecule is CCN(CC(=O)O)C[C@H]1CCCCN1C(=O)OCc1ccccc1. The molecule has 0 bridgehead atoms. The molecule has 6 nitrogen and oxygen atoms in total. The van der Waals surface area contributed by atoms with Crippen LogP contribution in [0.3, 0.4) is 0 Å². The highest BCUT2D eigenvalue weighted by atomic mass is 16.6. The molecule has 6 heteroatoms. The molecule has 2 rings (SSSR count). The zero-order valence-corrected chi connectivity index (χ0v) is 14.2. The smallest absolute Gasteiger partial charge is 0.410 e. The van der Waals surface area contributed by atoms with Gasteiger partial charge < -0.3 is 14.7 Å². The van der Waals surface area contributed by atoms with E-state index in [1.165, 1.54) is 0 Å². The lowest BCUT2D eigenvalue weighted by Crippen LogP contribution is -2.50. The van der Waals surface area contributed by atoms with E-state index in [2.05, 4.69) is 0 Å². The minimum absolute atomic E-state index is 0.0000963. The molecule has 0 saturated carbocycles. The van der Waals surface area contributed by atoms with Gasteiger partial charge in [-0.3, -0.25) is 9.69 Å². The van der Waals surface area contributed by atoms with Crippen molar-refractivity contribution in [2.45, 2.75) is 38.8 Å². The summed E-state index contributed by atoms with van der Waals surface area (Å²) in [6.07, 6.45) is 2.59. The summed E-state index contributed by atoms with van der Waals surface area (Å²) in [7, 11) is 0. The fourth-order valence-electron chi connectivity index (χ4n) is 3.03. The minimum atomic E-state index is -0.842. The topological polar surface area (TPSA) is 70.1 Å². The molecule has 132 valence electrons. The van der Waals surface area contributed by atoms with Gasteiger partial charge in [-0.15, -0.1) is 0 Å². The van der Waals surface area contributed by atoms with Crippen molar-refractivity contribution in [1.29, 1.82) is 0 Å². The van der Waals surface area contributed by atoms with E-state index in [0.717, 1.165) is 24.8 Å². The molecule has 1 saturated heterocycles. The number of benzene rings is 1. The summed E-state index contributed by atoms with van der Waals surface area (Å²) < 4.78 is 5.45. The first-order chi connectivity index (χ1) is 11.6. The quantitative estimate of drug-likeness (QED) is 0.830. The van der Waals surface area contributed by atoms with Gasteiger partial charge in [-0.1, -0.05) is 37.3 Å². The molecule has 1 N–H and O–H groups in total. The second-order valence-corrected chi connectivity index (χ2v) is 6.10. The number of carbonyl (C=O) groups excluding carboxylic acids is 1. The Hall–Kier alpha value is -2.08. The van der Waals surface area contributed by atoms with Crippen LogP contribution < -0.4 is 0 Å². The second-order valence-electron chi connectivity index (χ2n) is 6.10. The number of ether oxygens (including phenoxy) is 1. The van der Waals surface area contributed by atoms with Gasteiger partial charge in [0.05, 0.1) is 6.54 Å². The Kier molecular flexibility index (Phi) is 7.06. The molecule has 0 unspecified atom stereocenters. The van der Waals surface area contributed by atoms with Gasteiger partial charge in [0.2, 0.25) is 0 Å². The molecular weight excluding hydrogens is 308 g/mol. The van der Waals surface area contributed by atoms with Gasteiger partial charge >= 0.3 is 12.1 Å². The number of carbonyl (C=O) groups is 2. The average molecular weight is 334 g/mol. The van der Waals surface area contributed by atoms with Crippen molar-refractivity contribution in [2.75, 3.05) is 26.2 Å². The molecule has 1 heterocycles. The predicted octanol–water partition coefficient (Wildman–Crippen LogP) is 2.58. The Labute approximate surface area is 143 Å². The zero-order chi connectivity index (χ0) is 17.4. The number of hydrogen-bond donors (Lipinski definition) is 1. The molecule has 0 radical (unpaired) electrons. The maximum Gasteiger partial charge on any atom is 0.410 e. The van der Waals surface area contributed by atoms with Crippen LogP contribution in [-0.4, -0.2) is 59.2 Å². The van der Waals surface area contributed by atoms with Crippen LogP contribution in [0.25, 0.3) is 0 Å². The van der Waals surface area contributed by atoms with Crippen LogP contribution in [0.5, 0.6) is 0 Å². The Morgan fingerprint density at radius 1 is 1.29 bits per heavy atom. The maximum atomic E-state index is 12.4. The van der Waals surface area contributed by atoms with E-state index < -0.39 is 5.97 Å². The molecule has 1 aliphatic heterocycles. The number of hydrogen-bond acceptors (Lipinski definition) is 4. The predicted molar refractivity (Wildman–Crippen MR) is 90.7 cm³/mol. The number of nitrogens with zero attached hydrogens (tertiary/aromatic N) is 2. The van der Waals surface area contributed by atoms with Crippen molar-refractivity contribution in [3.05, 3.63) is 35.9 Å². The number of likely N-dealkylation sites (N-methyl/N-ethyl adjacent to an activating group) is 1. The van der Waals surface area contributed by atoms with Crippen molar-refractivity contribution in [3.8, 4) is 0 Å². The molecule has 1 atom stereocenters. The van der Waals surface area contributed by atoms with Gasteiger partial charge in [0.1, 0.15) is 6.61 Å². The van der Waals surface area contributed by atoms with E-state index in [9.17, 15) is 9.59 Å². The molecular formula is C18H26N2O4. The van der Waals surface area contributed by atoms with Gasteiger partial charge in [-0.2, -0.15) is 0 Å². The van der Waals surface area contributed by atoms with Crippen molar-refractivity contribution < 1.29 is 19.4 Å². The van der Waals surface area contributed by atoms with Gasteiger partial charge in [0.25, 0.3) is 0 Å². The van der Waals surface area contributed by atoms with Crippen LogP contribution >= 0.6 is 0 Å². The first kappa shape index (κ1) is 18.3. The van der Waals surface area contributed by atoms with Crippen LogP contribution in [0.4, 0.5) is 4.79 Å². The van der Waals surface area contributed by atoms with E-state index in [1.54, 1.807) is 4.90 Å². The number of piperidine rings is 1. The number of carboxylic acids is 1. The average Bonchev–Trinajstić information content (AvgIpc) is 2.60. The molecule has 0 aromatic heterocycles. The summed E-state index contributed by atoms with van der Waals surface area (Å²) >= 11 is 0. The lowest BCUT2D eigenvalue weighted by Gasteiger charge is -2.37. The monoisotopic (exact) mass is 334 g/mol. The lowest BCUT2D eigenvalue weighted by molar-refractivity contribution is -0.138. The Morgan fingerprint density at radius 3 is 2.71 bits per heavy atom. The van der Waals surface area contributed by atoms with E-state index in [0.29, 0.717) is 19.6 Å². The highest BCUT2D eigenvalue weighted by Crippen LogP contribution is 2.19. The van der Waals surface area contributed by atoms with E-state index in [4.69, 9.17) is 9.84 Å². The molecule has 1 aromatic carbocycles. The normalized spacial score (nSPS) is 17.8. The summed E-state index contributed by atoms with van der Waals surface area (Å²) in [5.41, 5.74) is 0.959. The summed E-state index contributed by atoms with van der Waals surface area (Å²) in [4.78, 5) is 27.0. The summed E-state index contributed by atoms with van der Waals surface area (Å²) in [6.45, 7) is 4.08. The third kappa shape index (κ3) is 5.53. The van der Waals surface area contributed by atoms with Gasteiger partial charge in [-0.05, 0) is 31.4 Å². The molecule has 1 amide bonds. The first-order valence-electron chi connectivity index (χ1n) is 8.51. The van der Waals surface area contributed by atoms with Crippen molar-refractivity contribution in [1.82, 2.24) is 9.80 Å². The summed E-state index contributed by atoms with van der Waals surface area (Å²) in [6, 6.07) is 9.62. The van der Waals surface area contributed by atoms with Gasteiger partial charge in [-0.25, -0.2) is 4.79 Å². The maximum absolute atomic E-state index is 12.4. The third-order valence-electron chi connectivity index (χ3n) is 4.34. The Bertz CT molecular complexity index is 535. The third-order valence-corrected chi connectivity index (χ3v) is 4.34. The van der Waals surface area contributed by atoms with Gasteiger partial charge in [0, 0.05) is 19.1 Å². The highest BCUT2D eigenvalue weighted by molar-refractivity contribution is 5.69. The largest absolute Gasteiger partial charge is 0.480 e. The van der Waals surface area contributed by atoms with E-state index in [1.807, 2.05) is 42.2 Å². The molecule has 1 aliphatic rings. The number of amides is 1. The van der Waals surface area contributed by atoms with Crippen LogP contribution in [-0.2, 0) is 16.1 Å². The van der Waals surface area contributed by atoms with Crippen LogP contribution in [0.1, 0.15) is 31.7 Å². The summed E-state index contributed by atoms with van der Waals surface area (Å²) in [5.74, 6) is -0.842. The lowest BCUT2D eigenvalue weighted by atomic mass is 10.0. The molecule has 1 fully saturated rings. The van der Waals surface area contributed by atoms with Crippen molar-refractivity contribution in [3.63, 3.8) is 0 Å². The van der Waals surface area contributed by atoms with Crippen LogP contribution in [0.2, 0.25) is 0 Å². The van der Waals surface area contributed by atoms with Crippen molar-refractivity contribution in [2.24, 2.45) is 0 Å². The van der Waals surface area contributed by atoms with Gasteiger partial charge in [0.15, 0.2) is 0 Å². The Balaban J connectivity index is 1.92. The zero-order valence-electron chi connectivity index (χ0n) is 14.2. The molecule has 0 spiro atoms. The fourth-order valence-corrected chi connectivity index (χ4v) is 3.03. The van der Waals surface area contributed by atoms with E-state index in [-0.39, 0.29) is 25.3 Å². The molecule has 24 heavy (non-hydrogen) atoms. The number of rotatable bonds is 7. The molecule has 0 aliphatic carbocycles. The first-order valence-corrected chi connectivity index (χ1v) is 8.51. The fraction of sp³-hybridized carbons (Fsp3) is 0.556. The highest BCUT2D eigenvalue weighted by Gasteiger charge is 2.29. The Morgan fingerprint density at radius 2 is 2.04 bits per heavy atom.